The normalized spacial score (nSPS) is 19.9. The van der Waals surface area contributed by atoms with E-state index >= 15 is 0 Å². The smallest absolute Gasteiger partial charge is 0.410 e. The second kappa shape index (κ2) is 7.24. The molecule has 2 rings (SSSR count). The predicted molar refractivity (Wildman–Crippen MR) is 75.2 cm³/mol. The minimum Gasteiger partial charge on any atom is -0.445 e. The van der Waals surface area contributed by atoms with Crippen LogP contribution >= 0.6 is 0 Å². The van der Waals surface area contributed by atoms with E-state index in [1.807, 2.05) is 42.2 Å². The monoisotopic (exact) mass is 280 g/mol. The molecule has 110 valence electrons. The van der Waals surface area contributed by atoms with Crippen molar-refractivity contribution in [2.75, 3.05) is 32.9 Å². The Balaban J connectivity index is 1.81. The molecular formula is C15H21FN2O2. The van der Waals surface area contributed by atoms with Gasteiger partial charge in [0.1, 0.15) is 13.3 Å². The van der Waals surface area contributed by atoms with Gasteiger partial charge in [0.25, 0.3) is 0 Å². The molecule has 0 N–H and O–H groups in total. The summed E-state index contributed by atoms with van der Waals surface area (Å²) in [6, 6.07) is 9.67. The van der Waals surface area contributed by atoms with Gasteiger partial charge in [-0.2, -0.15) is 0 Å². The quantitative estimate of drug-likeness (QED) is 0.848. The number of carbonyl (C=O) groups excluding carboxylic acids is 1. The summed E-state index contributed by atoms with van der Waals surface area (Å²) in [4.78, 5) is 15.8. The number of benzene rings is 1. The van der Waals surface area contributed by atoms with E-state index in [1.165, 1.54) is 0 Å². The zero-order chi connectivity index (χ0) is 14.4. The minimum absolute atomic E-state index is 0.0542. The number of alkyl halides is 1. The first kappa shape index (κ1) is 14.8. The Bertz CT molecular complexity index is 427. The maximum Gasteiger partial charge on any atom is 0.410 e. The molecule has 1 heterocycles. The lowest BCUT2D eigenvalue weighted by atomic mass is 10.2. The standard InChI is InChI=1S/C15H21FN2O2/c1-13-11-17(8-7-16)9-10-18(13)15(19)20-12-14-5-3-2-4-6-14/h2-6,13H,7-12H2,1H3. The van der Waals surface area contributed by atoms with Crippen molar-refractivity contribution in [2.24, 2.45) is 0 Å². The largest absolute Gasteiger partial charge is 0.445 e. The third-order valence-corrected chi connectivity index (χ3v) is 3.55. The Kier molecular flexibility index (Phi) is 5.35. The van der Waals surface area contributed by atoms with E-state index in [0.29, 0.717) is 26.2 Å². The molecule has 1 aliphatic heterocycles. The Morgan fingerprint density at radius 3 is 2.75 bits per heavy atom. The van der Waals surface area contributed by atoms with Crippen LogP contribution in [0, 0.1) is 0 Å². The molecule has 0 saturated carbocycles. The van der Waals surface area contributed by atoms with Crippen molar-refractivity contribution in [1.29, 1.82) is 0 Å². The number of nitrogens with zero attached hydrogens (tertiary/aromatic N) is 2. The van der Waals surface area contributed by atoms with Gasteiger partial charge in [-0.1, -0.05) is 30.3 Å². The zero-order valence-corrected chi connectivity index (χ0v) is 11.8. The number of carbonyl (C=O) groups is 1. The Morgan fingerprint density at radius 2 is 2.10 bits per heavy atom. The molecule has 0 bridgehead atoms. The SMILES string of the molecule is CC1CN(CCF)CCN1C(=O)OCc1ccccc1. The van der Waals surface area contributed by atoms with E-state index in [4.69, 9.17) is 4.74 Å². The number of piperazine rings is 1. The maximum atomic E-state index is 12.3. The molecular weight excluding hydrogens is 259 g/mol. The highest BCUT2D eigenvalue weighted by molar-refractivity contribution is 5.68. The van der Waals surface area contributed by atoms with E-state index in [0.717, 1.165) is 5.56 Å². The van der Waals surface area contributed by atoms with Crippen LogP contribution in [0.2, 0.25) is 0 Å². The lowest BCUT2D eigenvalue weighted by Crippen LogP contribution is -2.54. The van der Waals surface area contributed by atoms with Crippen LogP contribution in [0.15, 0.2) is 30.3 Å². The summed E-state index contributed by atoms with van der Waals surface area (Å²) in [5.74, 6) is 0. The molecule has 0 aromatic heterocycles. The molecule has 20 heavy (non-hydrogen) atoms. The molecule has 0 aliphatic carbocycles. The Hall–Kier alpha value is -1.62. The van der Waals surface area contributed by atoms with Crippen LogP contribution in [-0.4, -0.2) is 54.8 Å². The lowest BCUT2D eigenvalue weighted by Gasteiger charge is -2.38. The molecule has 1 fully saturated rings. The first-order valence-corrected chi connectivity index (χ1v) is 6.96. The molecule has 1 atom stereocenters. The number of rotatable bonds is 4. The van der Waals surface area contributed by atoms with E-state index in [9.17, 15) is 9.18 Å². The van der Waals surface area contributed by atoms with E-state index in [2.05, 4.69) is 0 Å². The van der Waals surface area contributed by atoms with Gasteiger partial charge in [-0.25, -0.2) is 9.18 Å². The van der Waals surface area contributed by atoms with Crippen LogP contribution in [0.3, 0.4) is 0 Å². The Labute approximate surface area is 119 Å². The third kappa shape index (κ3) is 3.93. The van der Waals surface area contributed by atoms with E-state index in [-0.39, 0.29) is 25.4 Å². The summed E-state index contributed by atoms with van der Waals surface area (Å²) >= 11 is 0. The second-order valence-corrected chi connectivity index (χ2v) is 5.07. The second-order valence-electron chi connectivity index (χ2n) is 5.07. The first-order chi connectivity index (χ1) is 9.70. The predicted octanol–water partition coefficient (Wildman–Crippen LogP) is 2.30. The fourth-order valence-electron chi connectivity index (χ4n) is 2.43. The van der Waals surface area contributed by atoms with Crippen molar-refractivity contribution < 1.29 is 13.9 Å². The van der Waals surface area contributed by atoms with Gasteiger partial charge in [-0.05, 0) is 12.5 Å². The topological polar surface area (TPSA) is 32.8 Å². The lowest BCUT2D eigenvalue weighted by molar-refractivity contribution is 0.0465. The minimum atomic E-state index is -0.342. The van der Waals surface area contributed by atoms with Gasteiger partial charge in [0, 0.05) is 32.2 Å². The summed E-state index contributed by atoms with van der Waals surface area (Å²) in [5.41, 5.74) is 0.976. The summed E-state index contributed by atoms with van der Waals surface area (Å²) in [5, 5.41) is 0. The van der Waals surface area contributed by atoms with Crippen LogP contribution in [0.1, 0.15) is 12.5 Å². The molecule has 1 aliphatic rings. The van der Waals surface area contributed by atoms with Gasteiger partial charge in [0.15, 0.2) is 0 Å². The average Bonchev–Trinajstić information content (AvgIpc) is 2.46. The number of hydrogen-bond donors (Lipinski definition) is 0. The molecule has 1 amide bonds. The number of halogens is 1. The number of hydrogen-bond acceptors (Lipinski definition) is 3. The van der Waals surface area contributed by atoms with Crippen molar-refractivity contribution in [3.8, 4) is 0 Å². The van der Waals surface area contributed by atoms with Crippen LogP contribution < -0.4 is 0 Å². The molecule has 1 aromatic rings. The van der Waals surface area contributed by atoms with Gasteiger partial charge < -0.3 is 9.64 Å². The van der Waals surface area contributed by atoms with Crippen molar-refractivity contribution in [3.63, 3.8) is 0 Å². The first-order valence-electron chi connectivity index (χ1n) is 6.96. The number of amides is 1. The van der Waals surface area contributed by atoms with Crippen molar-refractivity contribution in [1.82, 2.24) is 9.80 Å². The summed E-state index contributed by atoms with van der Waals surface area (Å²) < 4.78 is 17.6. The fourth-order valence-corrected chi connectivity index (χ4v) is 2.43. The van der Waals surface area contributed by atoms with E-state index < -0.39 is 0 Å². The highest BCUT2D eigenvalue weighted by atomic mass is 19.1. The molecule has 1 aromatic carbocycles. The van der Waals surface area contributed by atoms with Crippen LogP contribution in [0.5, 0.6) is 0 Å². The number of ether oxygens (including phenoxy) is 1. The van der Waals surface area contributed by atoms with Gasteiger partial charge in [-0.15, -0.1) is 0 Å². The van der Waals surface area contributed by atoms with Gasteiger partial charge in [0.05, 0.1) is 0 Å². The van der Waals surface area contributed by atoms with Crippen LogP contribution in [-0.2, 0) is 11.3 Å². The van der Waals surface area contributed by atoms with Gasteiger partial charge in [-0.3, -0.25) is 4.90 Å². The fraction of sp³-hybridized carbons (Fsp3) is 0.533. The molecule has 0 spiro atoms. The molecule has 1 saturated heterocycles. The van der Waals surface area contributed by atoms with Gasteiger partial charge in [0.2, 0.25) is 0 Å². The summed E-state index contributed by atoms with van der Waals surface area (Å²) in [6.45, 7) is 4.35. The van der Waals surface area contributed by atoms with Crippen molar-refractivity contribution in [2.45, 2.75) is 19.6 Å². The zero-order valence-electron chi connectivity index (χ0n) is 11.8. The molecule has 1 unspecified atom stereocenters. The summed E-state index contributed by atoms with van der Waals surface area (Å²) in [6.07, 6.45) is -0.291. The van der Waals surface area contributed by atoms with Crippen LogP contribution in [0.4, 0.5) is 9.18 Å². The van der Waals surface area contributed by atoms with Gasteiger partial charge >= 0.3 is 6.09 Å². The summed E-state index contributed by atoms with van der Waals surface area (Å²) in [7, 11) is 0. The third-order valence-electron chi connectivity index (χ3n) is 3.55. The molecule has 0 radical (unpaired) electrons. The Morgan fingerprint density at radius 1 is 1.35 bits per heavy atom. The molecule has 5 heteroatoms. The van der Waals surface area contributed by atoms with Crippen LogP contribution in [0.25, 0.3) is 0 Å². The maximum absolute atomic E-state index is 12.3. The molecule has 4 nitrogen and oxygen atoms in total. The van der Waals surface area contributed by atoms with Crippen molar-refractivity contribution in [3.05, 3.63) is 35.9 Å². The van der Waals surface area contributed by atoms with Crippen molar-refractivity contribution >= 4 is 6.09 Å². The highest BCUT2D eigenvalue weighted by Crippen LogP contribution is 2.12. The average molecular weight is 280 g/mol. The van der Waals surface area contributed by atoms with E-state index in [1.54, 1.807) is 4.90 Å². The highest BCUT2D eigenvalue weighted by Gasteiger charge is 2.28.